The van der Waals surface area contributed by atoms with E-state index in [4.69, 9.17) is 9.41 Å². The lowest BCUT2D eigenvalue weighted by molar-refractivity contribution is 0.411. The van der Waals surface area contributed by atoms with E-state index in [1.54, 1.807) is 0 Å². The van der Waals surface area contributed by atoms with E-state index < -0.39 is 0 Å². The number of rotatable bonds is 4. The average Bonchev–Trinajstić information content (AvgIpc) is 3.79. The van der Waals surface area contributed by atoms with Gasteiger partial charge in [0.25, 0.3) is 0 Å². The second-order valence-corrected chi connectivity index (χ2v) is 14.7. The van der Waals surface area contributed by atoms with Crippen molar-refractivity contribution in [2.45, 2.75) is 12.3 Å². The number of furan rings is 1. The van der Waals surface area contributed by atoms with Crippen LogP contribution in [0.2, 0.25) is 0 Å². The summed E-state index contributed by atoms with van der Waals surface area (Å²) in [5.41, 5.74) is 7.36. The summed E-state index contributed by atoms with van der Waals surface area (Å²) in [5, 5.41) is 17.4. The van der Waals surface area contributed by atoms with Crippen molar-refractivity contribution in [2.75, 3.05) is 0 Å². The maximum absolute atomic E-state index is 6.60. The number of nitrogens with zero attached hydrogens (tertiary/aromatic N) is 1. The summed E-state index contributed by atoms with van der Waals surface area (Å²) >= 11 is 1.85. The zero-order valence-corrected chi connectivity index (χ0v) is 28.8. The molecule has 0 spiro atoms. The van der Waals surface area contributed by atoms with Crippen LogP contribution >= 0.6 is 11.3 Å². The molecule has 10 aromatic rings. The lowest BCUT2D eigenvalue weighted by Crippen LogP contribution is -2.45. The van der Waals surface area contributed by atoms with Crippen molar-refractivity contribution in [3.05, 3.63) is 180 Å². The quantitative estimate of drug-likeness (QED) is 0.181. The Balaban J connectivity index is 1.07. The Kier molecular flexibility index (Phi) is 6.59. The SMILES string of the molecule is c1ccc(C2N=C(c3ccc4c(ccc5ccccc54)c3)NC(c3cccc4oc5cccc(-c6ccc7c(c6)sc6ccccc67)c5c34)N2)cc1. The summed E-state index contributed by atoms with van der Waals surface area (Å²) in [7, 11) is 0. The summed E-state index contributed by atoms with van der Waals surface area (Å²) < 4.78 is 9.20. The van der Waals surface area contributed by atoms with Crippen LogP contribution in [0.1, 0.15) is 29.0 Å². The number of amidine groups is 1. The molecule has 246 valence electrons. The lowest BCUT2D eigenvalue weighted by Gasteiger charge is -2.32. The van der Waals surface area contributed by atoms with Gasteiger partial charge in [-0.2, -0.15) is 0 Å². The molecule has 2 atom stereocenters. The van der Waals surface area contributed by atoms with Crippen molar-refractivity contribution in [1.29, 1.82) is 0 Å². The van der Waals surface area contributed by atoms with Crippen LogP contribution in [-0.2, 0) is 0 Å². The van der Waals surface area contributed by atoms with Gasteiger partial charge in [0.2, 0.25) is 0 Å². The van der Waals surface area contributed by atoms with Crippen LogP contribution < -0.4 is 10.6 Å². The van der Waals surface area contributed by atoms with Crippen molar-refractivity contribution in [1.82, 2.24) is 10.6 Å². The number of hydrogen-bond acceptors (Lipinski definition) is 5. The zero-order valence-electron chi connectivity index (χ0n) is 28.0. The first-order valence-electron chi connectivity index (χ1n) is 17.7. The number of nitrogens with one attached hydrogen (secondary N) is 2. The molecule has 0 fully saturated rings. The molecule has 0 saturated heterocycles. The highest BCUT2D eigenvalue weighted by Crippen LogP contribution is 2.43. The third kappa shape index (κ3) is 4.67. The number of fused-ring (bicyclic) bond motifs is 9. The first kappa shape index (κ1) is 29.5. The molecule has 11 rings (SSSR count). The van der Waals surface area contributed by atoms with Gasteiger partial charge in [0.15, 0.2) is 0 Å². The van der Waals surface area contributed by atoms with Gasteiger partial charge in [-0.15, -0.1) is 11.3 Å². The Hall–Kier alpha value is -6.27. The second kappa shape index (κ2) is 11.6. The number of hydrogen-bond donors (Lipinski definition) is 2. The molecule has 0 aliphatic carbocycles. The highest BCUT2D eigenvalue weighted by atomic mass is 32.1. The van der Waals surface area contributed by atoms with Gasteiger partial charge in [0.05, 0.1) is 0 Å². The van der Waals surface area contributed by atoms with Gasteiger partial charge < -0.3 is 9.73 Å². The smallest absolute Gasteiger partial charge is 0.136 e. The van der Waals surface area contributed by atoms with Crippen LogP contribution in [0.3, 0.4) is 0 Å². The van der Waals surface area contributed by atoms with E-state index >= 15 is 0 Å². The van der Waals surface area contributed by atoms with E-state index in [0.717, 1.165) is 50.0 Å². The second-order valence-electron chi connectivity index (χ2n) is 13.6. The monoisotopic (exact) mass is 685 g/mol. The Morgan fingerprint density at radius 3 is 2.15 bits per heavy atom. The normalized spacial score (nSPS) is 16.3. The van der Waals surface area contributed by atoms with E-state index in [2.05, 4.69) is 174 Å². The van der Waals surface area contributed by atoms with Gasteiger partial charge in [-0.25, -0.2) is 4.99 Å². The summed E-state index contributed by atoms with van der Waals surface area (Å²) in [5.74, 6) is 0.855. The molecule has 5 heteroatoms. The third-order valence-electron chi connectivity index (χ3n) is 10.6. The molecule has 4 nitrogen and oxygen atoms in total. The van der Waals surface area contributed by atoms with E-state index in [9.17, 15) is 0 Å². The highest BCUT2D eigenvalue weighted by Gasteiger charge is 2.28. The maximum Gasteiger partial charge on any atom is 0.136 e. The molecule has 2 aromatic heterocycles. The van der Waals surface area contributed by atoms with E-state index in [-0.39, 0.29) is 12.3 Å². The lowest BCUT2D eigenvalue weighted by atomic mass is 9.95. The summed E-state index contributed by atoms with van der Waals surface area (Å²) in [4.78, 5) is 5.28. The van der Waals surface area contributed by atoms with E-state index in [1.165, 1.54) is 47.3 Å². The molecule has 1 aliphatic heterocycles. The van der Waals surface area contributed by atoms with Gasteiger partial charge in [-0.3, -0.25) is 5.32 Å². The van der Waals surface area contributed by atoms with Crippen molar-refractivity contribution in [2.24, 2.45) is 4.99 Å². The predicted molar refractivity (Wildman–Crippen MR) is 218 cm³/mol. The molecule has 2 N–H and O–H groups in total. The molecule has 8 aromatic carbocycles. The molecule has 3 heterocycles. The summed E-state index contributed by atoms with van der Waals surface area (Å²) in [6, 6.07) is 58.5. The minimum Gasteiger partial charge on any atom is -0.456 e. The summed E-state index contributed by atoms with van der Waals surface area (Å²) in [6.45, 7) is 0. The highest BCUT2D eigenvalue weighted by molar-refractivity contribution is 7.25. The van der Waals surface area contributed by atoms with E-state index in [0.29, 0.717) is 0 Å². The molecule has 1 aliphatic rings. The minimum absolute atomic E-state index is 0.243. The number of aliphatic imine (C=N–C) groups is 1. The molecule has 2 unspecified atom stereocenters. The molecule has 0 amide bonds. The summed E-state index contributed by atoms with van der Waals surface area (Å²) in [6.07, 6.45) is -0.495. The van der Waals surface area contributed by atoms with Crippen molar-refractivity contribution < 1.29 is 4.42 Å². The fraction of sp³-hybridized carbons (Fsp3) is 0.0426. The van der Waals surface area contributed by atoms with Crippen LogP contribution in [0.15, 0.2) is 173 Å². The van der Waals surface area contributed by atoms with E-state index in [1.807, 2.05) is 11.3 Å². The maximum atomic E-state index is 6.60. The molecule has 0 saturated carbocycles. The number of thiophene rings is 1. The van der Waals surface area contributed by atoms with Crippen LogP contribution in [0.25, 0.3) is 74.8 Å². The van der Waals surface area contributed by atoms with Gasteiger partial charge in [0.1, 0.15) is 29.3 Å². The fourth-order valence-corrected chi connectivity index (χ4v) is 9.24. The van der Waals surface area contributed by atoms with Gasteiger partial charge in [-0.1, -0.05) is 133 Å². The van der Waals surface area contributed by atoms with Gasteiger partial charge in [-0.05, 0) is 68.6 Å². The molecule has 0 radical (unpaired) electrons. The largest absolute Gasteiger partial charge is 0.456 e. The molecular weight excluding hydrogens is 655 g/mol. The van der Waals surface area contributed by atoms with Crippen molar-refractivity contribution in [3.8, 4) is 11.1 Å². The fourth-order valence-electron chi connectivity index (χ4n) is 8.10. The number of benzene rings is 8. The van der Waals surface area contributed by atoms with Crippen LogP contribution in [0.4, 0.5) is 0 Å². The molecular formula is C47H31N3OS. The Labute approximate surface area is 303 Å². The van der Waals surface area contributed by atoms with Crippen molar-refractivity contribution >= 4 is 80.8 Å². The first-order valence-corrected chi connectivity index (χ1v) is 18.5. The average molecular weight is 686 g/mol. The van der Waals surface area contributed by atoms with Crippen LogP contribution in [0, 0.1) is 0 Å². The van der Waals surface area contributed by atoms with Crippen LogP contribution in [0.5, 0.6) is 0 Å². The minimum atomic E-state index is -0.252. The van der Waals surface area contributed by atoms with Gasteiger partial charge >= 0.3 is 0 Å². The molecule has 0 bridgehead atoms. The standard InChI is InChI=1S/C47H31N3OS/c1-2-11-29(12-3-1)45-48-46(32-23-24-34-30(26-32)21-20-28-10-4-5-13-33(28)34)50-47(49-45)38-16-9-18-40-44(38)43-35(15-8-17-39(43)51-40)31-22-25-37-36-14-6-7-19-41(36)52-42(37)27-31/h1-27,45,47,49H,(H,48,50). The predicted octanol–water partition coefficient (Wildman–Crippen LogP) is 12.3. The van der Waals surface area contributed by atoms with Crippen molar-refractivity contribution in [3.63, 3.8) is 0 Å². The topological polar surface area (TPSA) is 49.6 Å². The van der Waals surface area contributed by atoms with Gasteiger partial charge in [0, 0.05) is 42.1 Å². The Bertz CT molecular complexity index is 3050. The Morgan fingerprint density at radius 2 is 1.23 bits per heavy atom. The first-order chi connectivity index (χ1) is 25.7. The molecule has 52 heavy (non-hydrogen) atoms. The zero-order chi connectivity index (χ0) is 34.2. The third-order valence-corrected chi connectivity index (χ3v) is 11.7. The van der Waals surface area contributed by atoms with Crippen LogP contribution in [-0.4, -0.2) is 5.84 Å². The Morgan fingerprint density at radius 1 is 0.519 bits per heavy atom.